The lowest BCUT2D eigenvalue weighted by molar-refractivity contribution is -0.114. The molecule has 2 aromatic rings. The molecule has 0 aliphatic carbocycles. The number of halogens is 2. The first kappa shape index (κ1) is 12.9. The van der Waals surface area contributed by atoms with Gasteiger partial charge in [0.15, 0.2) is 5.82 Å². The van der Waals surface area contributed by atoms with E-state index in [9.17, 15) is 14.0 Å². The Morgan fingerprint density at radius 2 is 2.10 bits per heavy atom. The topological polar surface area (TPSA) is 81.0 Å². The fourth-order valence-corrected chi connectivity index (χ4v) is 2.32. The lowest BCUT2D eigenvalue weighted by Gasteiger charge is -2.14. The molecule has 0 fully saturated rings. The van der Waals surface area contributed by atoms with Gasteiger partial charge in [0.2, 0.25) is 0 Å². The van der Waals surface area contributed by atoms with Crippen molar-refractivity contribution in [2.45, 2.75) is 6.54 Å². The molecule has 0 spiro atoms. The minimum Gasteiger partial charge on any atom is -0.297 e. The Bertz CT molecular complexity index is 744. The molecular formula is C11H7BrFN5O2. The average Bonchev–Trinajstić information content (AvgIpc) is 2.90. The highest BCUT2D eigenvalue weighted by atomic mass is 79.9. The molecule has 102 valence electrons. The van der Waals surface area contributed by atoms with Gasteiger partial charge in [0.1, 0.15) is 5.82 Å². The monoisotopic (exact) mass is 339 g/mol. The van der Waals surface area contributed by atoms with E-state index >= 15 is 0 Å². The quantitative estimate of drug-likeness (QED) is 0.757. The van der Waals surface area contributed by atoms with Gasteiger partial charge in [-0.1, -0.05) is 0 Å². The smallest absolute Gasteiger partial charge is 0.297 e. The number of nitrogens with zero attached hydrogens (tertiary/aromatic N) is 5. The van der Waals surface area contributed by atoms with E-state index in [-0.39, 0.29) is 28.1 Å². The Labute approximate surface area is 120 Å². The van der Waals surface area contributed by atoms with Crippen LogP contribution >= 0.6 is 15.9 Å². The summed E-state index contributed by atoms with van der Waals surface area (Å²) in [5, 5.41) is 11.3. The first-order chi connectivity index (χ1) is 9.47. The number of amides is 1. The molecule has 1 aromatic carbocycles. The van der Waals surface area contributed by atoms with Crippen molar-refractivity contribution in [3.63, 3.8) is 0 Å². The van der Waals surface area contributed by atoms with Gasteiger partial charge in [0.25, 0.3) is 11.7 Å². The highest BCUT2D eigenvalue weighted by Crippen LogP contribution is 2.33. The summed E-state index contributed by atoms with van der Waals surface area (Å²) in [7, 11) is 1.58. The van der Waals surface area contributed by atoms with Crippen LogP contribution in [0.2, 0.25) is 0 Å². The third-order valence-corrected chi connectivity index (χ3v) is 3.47. The largest absolute Gasteiger partial charge is 0.299 e. The predicted octanol–water partition coefficient (Wildman–Crippen LogP) is 0.841. The first-order valence-corrected chi connectivity index (χ1v) is 6.35. The Balaban J connectivity index is 2.03. The lowest BCUT2D eigenvalue weighted by Crippen LogP contribution is -2.29. The van der Waals surface area contributed by atoms with Crippen LogP contribution in [0.1, 0.15) is 16.2 Å². The molecule has 20 heavy (non-hydrogen) atoms. The van der Waals surface area contributed by atoms with Crippen molar-refractivity contribution in [1.82, 2.24) is 20.2 Å². The summed E-state index contributed by atoms with van der Waals surface area (Å²) >= 11 is 2.99. The zero-order valence-electron chi connectivity index (χ0n) is 10.2. The Kier molecular flexibility index (Phi) is 2.85. The molecule has 2 heterocycles. The van der Waals surface area contributed by atoms with E-state index in [0.717, 1.165) is 11.0 Å². The highest BCUT2D eigenvalue weighted by molar-refractivity contribution is 9.10. The van der Waals surface area contributed by atoms with Crippen LogP contribution in [0, 0.1) is 5.82 Å². The number of hydrogen-bond acceptors (Lipinski definition) is 5. The third-order valence-electron chi connectivity index (χ3n) is 2.86. The normalized spacial score (nSPS) is 14.1. The summed E-state index contributed by atoms with van der Waals surface area (Å²) in [5.41, 5.74) is 0.375. The SMILES string of the molecule is Cn1nnc(CN2C(=O)C(=O)c3cc(Br)c(F)cc32)n1. The zero-order chi connectivity index (χ0) is 14.4. The van der Waals surface area contributed by atoms with Crippen LogP contribution in [0.5, 0.6) is 0 Å². The number of aromatic nitrogens is 4. The van der Waals surface area contributed by atoms with Crippen LogP contribution in [-0.4, -0.2) is 31.9 Å². The van der Waals surface area contributed by atoms with Crippen LogP contribution in [0.15, 0.2) is 16.6 Å². The minimum absolute atomic E-state index is 0.0352. The van der Waals surface area contributed by atoms with Gasteiger partial charge in [-0.05, 0) is 33.3 Å². The molecule has 0 unspecified atom stereocenters. The van der Waals surface area contributed by atoms with Crippen LogP contribution < -0.4 is 4.90 Å². The van der Waals surface area contributed by atoms with Crippen molar-refractivity contribution in [2.24, 2.45) is 7.05 Å². The molecular weight excluding hydrogens is 333 g/mol. The summed E-state index contributed by atoms with van der Waals surface area (Å²) in [4.78, 5) is 26.2. The summed E-state index contributed by atoms with van der Waals surface area (Å²) in [6, 6.07) is 2.44. The van der Waals surface area contributed by atoms with E-state index in [1.807, 2.05) is 0 Å². The van der Waals surface area contributed by atoms with Crippen molar-refractivity contribution in [2.75, 3.05) is 4.90 Å². The second-order valence-electron chi connectivity index (χ2n) is 4.20. The zero-order valence-corrected chi connectivity index (χ0v) is 11.8. The van der Waals surface area contributed by atoms with Gasteiger partial charge in [-0.15, -0.1) is 10.2 Å². The number of fused-ring (bicyclic) bond motifs is 1. The number of hydrogen-bond donors (Lipinski definition) is 0. The molecule has 0 N–H and O–H groups in total. The lowest BCUT2D eigenvalue weighted by atomic mass is 10.1. The molecule has 0 bridgehead atoms. The Morgan fingerprint density at radius 1 is 1.35 bits per heavy atom. The predicted molar refractivity (Wildman–Crippen MR) is 68.4 cm³/mol. The highest BCUT2D eigenvalue weighted by Gasteiger charge is 2.37. The molecule has 0 saturated heterocycles. The summed E-state index contributed by atoms with van der Waals surface area (Å²) in [6.07, 6.45) is 0. The molecule has 1 amide bonds. The van der Waals surface area contributed by atoms with Gasteiger partial charge in [-0.25, -0.2) is 4.39 Å². The van der Waals surface area contributed by atoms with Crippen molar-refractivity contribution < 1.29 is 14.0 Å². The van der Waals surface area contributed by atoms with Gasteiger partial charge in [0.05, 0.1) is 29.3 Å². The maximum atomic E-state index is 13.6. The van der Waals surface area contributed by atoms with E-state index in [0.29, 0.717) is 0 Å². The number of tetrazole rings is 1. The number of carbonyl (C=O) groups excluding carboxylic acids is 2. The molecule has 1 aliphatic heterocycles. The standard InChI is InChI=1S/C11H7BrFN5O2/c1-17-15-9(14-16-17)4-18-8-3-7(13)6(12)2-5(8)10(19)11(18)20/h2-3H,4H2,1H3. The first-order valence-electron chi connectivity index (χ1n) is 5.55. The van der Waals surface area contributed by atoms with E-state index in [1.54, 1.807) is 7.05 Å². The fraction of sp³-hybridized carbons (Fsp3) is 0.182. The van der Waals surface area contributed by atoms with Crippen LogP contribution in [0.25, 0.3) is 0 Å². The number of ketones is 1. The van der Waals surface area contributed by atoms with Gasteiger partial charge >= 0.3 is 0 Å². The summed E-state index contributed by atoms with van der Waals surface area (Å²) in [5.74, 6) is -1.69. The third kappa shape index (κ3) is 1.90. The molecule has 1 aliphatic rings. The molecule has 9 heteroatoms. The number of carbonyl (C=O) groups is 2. The van der Waals surface area contributed by atoms with Crippen molar-refractivity contribution in [3.8, 4) is 0 Å². The molecule has 3 rings (SSSR count). The molecule has 1 aromatic heterocycles. The van der Waals surface area contributed by atoms with Gasteiger partial charge in [-0.2, -0.15) is 4.80 Å². The van der Waals surface area contributed by atoms with Crippen molar-refractivity contribution in [3.05, 3.63) is 33.8 Å². The molecule has 0 radical (unpaired) electrons. The number of anilines is 1. The number of rotatable bonds is 2. The Morgan fingerprint density at radius 3 is 2.75 bits per heavy atom. The molecule has 0 saturated carbocycles. The van der Waals surface area contributed by atoms with Crippen molar-refractivity contribution in [1.29, 1.82) is 0 Å². The van der Waals surface area contributed by atoms with E-state index in [1.165, 1.54) is 10.9 Å². The average molecular weight is 340 g/mol. The number of benzene rings is 1. The van der Waals surface area contributed by atoms with E-state index in [2.05, 4.69) is 31.3 Å². The number of Topliss-reactive ketones (excluding diaryl/α,β-unsaturated/α-hetero) is 1. The van der Waals surface area contributed by atoms with Gasteiger partial charge in [-0.3, -0.25) is 14.5 Å². The van der Waals surface area contributed by atoms with Crippen LogP contribution in [0.3, 0.4) is 0 Å². The Hall–Kier alpha value is -2.16. The van der Waals surface area contributed by atoms with Crippen molar-refractivity contribution >= 4 is 33.3 Å². The summed E-state index contributed by atoms with van der Waals surface area (Å²) < 4.78 is 13.7. The van der Waals surface area contributed by atoms with Gasteiger partial charge < -0.3 is 0 Å². The number of aryl methyl sites for hydroxylation is 1. The second-order valence-corrected chi connectivity index (χ2v) is 5.05. The minimum atomic E-state index is -0.732. The second kappa shape index (κ2) is 4.44. The molecule has 0 atom stereocenters. The van der Waals surface area contributed by atoms with E-state index < -0.39 is 17.5 Å². The summed E-state index contributed by atoms with van der Waals surface area (Å²) in [6.45, 7) is -0.0352. The van der Waals surface area contributed by atoms with Crippen LogP contribution in [-0.2, 0) is 18.4 Å². The van der Waals surface area contributed by atoms with E-state index in [4.69, 9.17) is 0 Å². The maximum absolute atomic E-state index is 13.6. The van der Waals surface area contributed by atoms with Crippen LogP contribution in [0.4, 0.5) is 10.1 Å². The molecule has 7 nitrogen and oxygen atoms in total. The van der Waals surface area contributed by atoms with Gasteiger partial charge in [0, 0.05) is 0 Å². The maximum Gasteiger partial charge on any atom is 0.299 e. The fourth-order valence-electron chi connectivity index (χ4n) is 1.97.